The molecule has 11 heteroatoms. The number of benzene rings is 1. The highest BCUT2D eigenvalue weighted by Gasteiger charge is 2.62. The smallest absolute Gasteiger partial charge is 0.334 e. The molecule has 140 valence electrons. The Labute approximate surface area is 147 Å². The van der Waals surface area contributed by atoms with E-state index in [0.29, 0.717) is 11.8 Å². The van der Waals surface area contributed by atoms with Gasteiger partial charge >= 0.3 is 5.97 Å². The minimum atomic E-state index is -2.95. The van der Waals surface area contributed by atoms with Crippen molar-refractivity contribution in [3.63, 3.8) is 0 Å². The second-order valence-corrected chi connectivity index (χ2v) is 5.39. The number of hydrogen-bond donors (Lipinski definition) is 6. The minimum Gasteiger partial charge on any atom is -0.479 e. The fraction of sp³-hybridized carbons (Fsp3) is 0.267. The molecule has 0 aliphatic heterocycles. The summed E-state index contributed by atoms with van der Waals surface area (Å²) in [7, 11) is 0. The molecule has 0 aliphatic carbocycles. The van der Waals surface area contributed by atoms with Crippen LogP contribution >= 0.6 is 0 Å². The number of carbonyl (C=O) groups excluding carboxylic acids is 3. The number of aldehydes is 1. The molecule has 2 atom stereocenters. The molecule has 0 saturated carbocycles. The van der Waals surface area contributed by atoms with Crippen LogP contribution in [-0.4, -0.2) is 46.0 Å². The van der Waals surface area contributed by atoms with Crippen LogP contribution in [0.5, 0.6) is 0 Å². The van der Waals surface area contributed by atoms with Gasteiger partial charge < -0.3 is 27.2 Å². The van der Waals surface area contributed by atoms with Crippen molar-refractivity contribution in [2.24, 2.45) is 22.4 Å². The number of amides is 1. The summed E-state index contributed by atoms with van der Waals surface area (Å²) in [6, 6.07) is 5.28. The number of aliphatic carboxylic acids is 1. The number of rotatable bonds is 9. The summed E-state index contributed by atoms with van der Waals surface area (Å²) in [6.07, 6.45) is 0.803. The Hall–Kier alpha value is -3.15. The molecule has 0 bridgehead atoms. The number of hydrazone groups is 1. The molecule has 1 aromatic carbocycles. The highest BCUT2D eigenvalue weighted by atomic mass is 16.5. The molecule has 1 aromatic rings. The lowest BCUT2D eigenvalue weighted by atomic mass is 9.69. The zero-order valence-corrected chi connectivity index (χ0v) is 13.6. The number of carboxylic acid groups (broad SMARTS) is 1. The van der Waals surface area contributed by atoms with Crippen molar-refractivity contribution < 1.29 is 29.5 Å². The van der Waals surface area contributed by atoms with Crippen LogP contribution in [-0.2, 0) is 24.7 Å². The predicted molar refractivity (Wildman–Crippen MR) is 88.9 cm³/mol. The van der Waals surface area contributed by atoms with Gasteiger partial charge in [0.05, 0.1) is 6.21 Å². The predicted octanol–water partition coefficient (Wildman–Crippen LogP) is -2.03. The lowest BCUT2D eigenvalue weighted by Crippen LogP contribution is -2.76. The van der Waals surface area contributed by atoms with Crippen LogP contribution in [0, 0.1) is 0 Å². The van der Waals surface area contributed by atoms with Gasteiger partial charge in [0.25, 0.3) is 5.91 Å². The molecule has 11 nitrogen and oxygen atoms in total. The number of ketones is 1. The highest BCUT2D eigenvalue weighted by Crippen LogP contribution is 2.32. The molecule has 0 radical (unpaired) electrons. The van der Waals surface area contributed by atoms with Crippen LogP contribution in [0.2, 0.25) is 0 Å². The zero-order chi connectivity index (χ0) is 20.0. The number of nitrogens with two attached hydrogens (primary N) is 3. The van der Waals surface area contributed by atoms with Crippen molar-refractivity contribution in [3.8, 4) is 0 Å². The van der Waals surface area contributed by atoms with Gasteiger partial charge in [-0.05, 0) is 11.1 Å². The van der Waals surface area contributed by atoms with E-state index in [1.165, 1.54) is 36.0 Å². The fourth-order valence-electron chi connectivity index (χ4n) is 2.44. The van der Waals surface area contributed by atoms with Crippen LogP contribution in [0.15, 0.2) is 29.4 Å². The Bertz CT molecular complexity index is 735. The molecule has 9 N–H and O–H groups in total. The summed E-state index contributed by atoms with van der Waals surface area (Å²) in [5.74, 6) is 0.558. The molecule has 0 aliphatic rings. The van der Waals surface area contributed by atoms with E-state index in [4.69, 9.17) is 22.5 Å². The standard InChI is InChI=1S/C15H19N5O6/c16-14(12(23)20-26,10-5-3-9(4-6-10)8-19-18)15(17,13(24)25)11(22)2-1-7-21/h3-8,26H,1-2,16-18H2,(H,20,23)(H,24,25). The maximum absolute atomic E-state index is 12.4. The normalized spacial score (nSPS) is 15.7. The Morgan fingerprint density at radius 1 is 1.19 bits per heavy atom. The number of Topliss-reactive ketones (excluding diaryl/α,β-unsaturated/α-hetero) is 1. The number of nitrogens with zero attached hydrogens (tertiary/aromatic N) is 1. The molecule has 2 unspecified atom stereocenters. The van der Waals surface area contributed by atoms with Crippen LogP contribution in [0.1, 0.15) is 24.0 Å². The first kappa shape index (κ1) is 20.9. The van der Waals surface area contributed by atoms with Gasteiger partial charge in [-0.15, -0.1) is 0 Å². The van der Waals surface area contributed by atoms with E-state index < -0.39 is 35.2 Å². The van der Waals surface area contributed by atoms with Gasteiger partial charge in [0.15, 0.2) is 11.3 Å². The summed E-state index contributed by atoms with van der Waals surface area (Å²) in [5.41, 5.74) is 7.75. The third kappa shape index (κ3) is 3.44. The largest absolute Gasteiger partial charge is 0.479 e. The molecular weight excluding hydrogens is 346 g/mol. The maximum atomic E-state index is 12.4. The number of hydroxylamine groups is 1. The van der Waals surface area contributed by atoms with E-state index in [9.17, 15) is 24.3 Å². The van der Waals surface area contributed by atoms with Crippen molar-refractivity contribution in [2.45, 2.75) is 23.9 Å². The van der Waals surface area contributed by atoms with E-state index in [0.717, 1.165) is 0 Å². The third-order valence-corrected chi connectivity index (χ3v) is 3.94. The van der Waals surface area contributed by atoms with Gasteiger partial charge in [-0.1, -0.05) is 24.3 Å². The maximum Gasteiger partial charge on any atom is 0.334 e. The van der Waals surface area contributed by atoms with Gasteiger partial charge in [0.1, 0.15) is 6.29 Å². The molecule has 1 rings (SSSR count). The molecule has 1 amide bonds. The number of carbonyl (C=O) groups is 4. The van der Waals surface area contributed by atoms with Gasteiger partial charge in [0, 0.05) is 12.8 Å². The third-order valence-electron chi connectivity index (χ3n) is 3.94. The molecule has 0 fully saturated rings. The lowest BCUT2D eigenvalue weighted by Gasteiger charge is -2.40. The summed E-state index contributed by atoms with van der Waals surface area (Å²) in [6.45, 7) is 0. The number of hydrogen-bond acceptors (Lipinski definition) is 9. The quantitative estimate of drug-likeness (QED) is 0.0710. The average molecular weight is 365 g/mol. The molecule has 26 heavy (non-hydrogen) atoms. The van der Waals surface area contributed by atoms with Gasteiger partial charge in [0.2, 0.25) is 5.54 Å². The van der Waals surface area contributed by atoms with Gasteiger partial charge in [-0.2, -0.15) is 5.10 Å². The highest BCUT2D eigenvalue weighted by molar-refractivity contribution is 6.15. The first-order valence-corrected chi connectivity index (χ1v) is 7.26. The van der Waals surface area contributed by atoms with Gasteiger partial charge in [-0.3, -0.25) is 14.8 Å². The lowest BCUT2D eigenvalue weighted by molar-refractivity contribution is -0.158. The summed E-state index contributed by atoms with van der Waals surface area (Å²) >= 11 is 0. The Morgan fingerprint density at radius 2 is 1.77 bits per heavy atom. The molecule has 0 spiro atoms. The molecule has 0 aromatic heterocycles. The minimum absolute atomic E-state index is 0.164. The zero-order valence-electron chi connectivity index (χ0n) is 13.6. The monoisotopic (exact) mass is 365 g/mol. The van der Waals surface area contributed by atoms with Crippen molar-refractivity contribution >= 4 is 30.2 Å². The van der Waals surface area contributed by atoms with Crippen LogP contribution < -0.4 is 22.8 Å². The van der Waals surface area contributed by atoms with Gasteiger partial charge in [-0.25, -0.2) is 10.3 Å². The first-order valence-electron chi connectivity index (χ1n) is 7.26. The van der Waals surface area contributed by atoms with Crippen molar-refractivity contribution in [1.82, 2.24) is 5.48 Å². The number of nitrogens with one attached hydrogen (secondary N) is 1. The molecular formula is C15H19N5O6. The van der Waals surface area contributed by atoms with E-state index >= 15 is 0 Å². The van der Waals surface area contributed by atoms with Crippen LogP contribution in [0.25, 0.3) is 0 Å². The van der Waals surface area contributed by atoms with Crippen molar-refractivity contribution in [3.05, 3.63) is 35.4 Å². The Balaban J connectivity index is 3.62. The second-order valence-electron chi connectivity index (χ2n) is 5.39. The van der Waals surface area contributed by atoms with E-state index in [2.05, 4.69) is 5.10 Å². The van der Waals surface area contributed by atoms with Crippen molar-refractivity contribution in [1.29, 1.82) is 0 Å². The second kappa shape index (κ2) is 8.29. The average Bonchev–Trinajstić information content (AvgIpc) is 2.64. The topological polar surface area (TPSA) is 211 Å². The van der Waals surface area contributed by atoms with Crippen LogP contribution in [0.4, 0.5) is 0 Å². The summed E-state index contributed by atoms with van der Waals surface area (Å²) < 4.78 is 0. The van der Waals surface area contributed by atoms with E-state index in [1.54, 1.807) is 0 Å². The SMILES string of the molecule is NN=Cc1ccc(C(N)(C(=O)NO)C(N)(C(=O)O)C(=O)CCC=O)cc1. The van der Waals surface area contributed by atoms with Crippen molar-refractivity contribution in [2.75, 3.05) is 0 Å². The number of carboxylic acids is 1. The van der Waals surface area contributed by atoms with Crippen LogP contribution in [0.3, 0.4) is 0 Å². The van der Waals surface area contributed by atoms with E-state index in [1.807, 2.05) is 0 Å². The molecule has 0 saturated heterocycles. The van der Waals surface area contributed by atoms with E-state index in [-0.39, 0.29) is 12.0 Å². The summed E-state index contributed by atoms with van der Waals surface area (Å²) in [5, 5.41) is 21.9. The summed E-state index contributed by atoms with van der Waals surface area (Å²) in [4.78, 5) is 47.0. The first-order chi connectivity index (χ1) is 12.2. The Morgan fingerprint density at radius 3 is 2.19 bits per heavy atom. The Kier molecular flexibility index (Phi) is 6.66. The fourth-order valence-corrected chi connectivity index (χ4v) is 2.44. The molecule has 0 heterocycles.